The molecule has 2 heterocycles. The van der Waals surface area contributed by atoms with Crippen molar-refractivity contribution in [2.45, 2.75) is 15.3 Å². The van der Waals surface area contributed by atoms with Gasteiger partial charge in [-0.05, 0) is 28.1 Å². The summed E-state index contributed by atoms with van der Waals surface area (Å²) in [5.74, 6) is -0.185. The van der Waals surface area contributed by atoms with Crippen molar-refractivity contribution in [3.63, 3.8) is 0 Å². The van der Waals surface area contributed by atoms with Crippen LogP contribution in [0.25, 0.3) is 0 Å². The molecule has 0 fully saturated rings. The topological polar surface area (TPSA) is 59.1 Å². The lowest BCUT2D eigenvalue weighted by Crippen LogP contribution is -2.04. The first-order valence-corrected chi connectivity index (χ1v) is 8.04. The van der Waals surface area contributed by atoms with Crippen LogP contribution in [-0.2, 0) is 15.6 Å². The number of nitrogens with zero attached hydrogens (tertiary/aromatic N) is 1. The van der Waals surface area contributed by atoms with Crippen LogP contribution in [-0.4, -0.2) is 15.1 Å². The SMILES string of the molecule is CC(=O)Nc1ncc(S(=O)c2ccc(Br)s2)s1. The van der Waals surface area contributed by atoms with Gasteiger partial charge in [0.25, 0.3) is 0 Å². The van der Waals surface area contributed by atoms with Crippen LogP contribution in [0.3, 0.4) is 0 Å². The summed E-state index contributed by atoms with van der Waals surface area (Å²) in [6.07, 6.45) is 1.53. The van der Waals surface area contributed by atoms with E-state index in [1.165, 1.54) is 35.8 Å². The number of anilines is 1. The number of halogens is 1. The fourth-order valence-corrected chi connectivity index (χ4v) is 5.43. The average Bonchev–Trinajstić information content (AvgIpc) is 2.85. The normalized spacial score (nSPS) is 12.4. The van der Waals surface area contributed by atoms with E-state index >= 15 is 0 Å². The lowest BCUT2D eigenvalue weighted by Gasteiger charge is -1.93. The minimum Gasteiger partial charge on any atom is -0.302 e. The fraction of sp³-hybridized carbons (Fsp3) is 0.111. The first-order valence-electron chi connectivity index (χ1n) is 4.47. The molecule has 2 aromatic rings. The summed E-state index contributed by atoms with van der Waals surface area (Å²) in [5.41, 5.74) is 0. The molecule has 90 valence electrons. The van der Waals surface area contributed by atoms with Crippen LogP contribution in [0.15, 0.2) is 30.5 Å². The summed E-state index contributed by atoms with van der Waals surface area (Å²) in [4.78, 5) is 14.8. The molecule has 4 nitrogen and oxygen atoms in total. The van der Waals surface area contributed by atoms with Crippen molar-refractivity contribution in [2.75, 3.05) is 5.32 Å². The maximum atomic E-state index is 12.1. The highest BCUT2D eigenvalue weighted by atomic mass is 79.9. The number of hydrogen-bond acceptors (Lipinski definition) is 5. The highest BCUT2D eigenvalue weighted by Gasteiger charge is 2.13. The summed E-state index contributed by atoms with van der Waals surface area (Å²) in [7, 11) is -1.23. The zero-order chi connectivity index (χ0) is 12.4. The molecule has 0 spiro atoms. The molecule has 0 saturated heterocycles. The maximum Gasteiger partial charge on any atom is 0.223 e. The second-order valence-corrected chi connectivity index (χ2v) is 8.42. The predicted molar refractivity (Wildman–Crippen MR) is 73.1 cm³/mol. The lowest BCUT2D eigenvalue weighted by atomic mass is 10.7. The average molecular weight is 351 g/mol. The van der Waals surface area contributed by atoms with Crippen molar-refractivity contribution in [1.29, 1.82) is 0 Å². The van der Waals surface area contributed by atoms with Crippen molar-refractivity contribution < 1.29 is 9.00 Å². The minimum atomic E-state index is -1.23. The van der Waals surface area contributed by atoms with Gasteiger partial charge in [-0.3, -0.25) is 4.79 Å². The molecule has 0 bridgehead atoms. The highest BCUT2D eigenvalue weighted by molar-refractivity contribution is 9.11. The van der Waals surface area contributed by atoms with E-state index in [4.69, 9.17) is 0 Å². The van der Waals surface area contributed by atoms with Crippen LogP contribution in [0.4, 0.5) is 5.13 Å². The Morgan fingerprint density at radius 3 is 2.76 bits per heavy atom. The van der Waals surface area contributed by atoms with Gasteiger partial charge in [0.2, 0.25) is 5.91 Å². The third-order valence-corrected chi connectivity index (χ3v) is 6.19. The molecule has 0 radical (unpaired) electrons. The highest BCUT2D eigenvalue weighted by Crippen LogP contribution is 2.31. The van der Waals surface area contributed by atoms with Crippen LogP contribution < -0.4 is 5.32 Å². The molecule has 1 amide bonds. The van der Waals surface area contributed by atoms with E-state index in [9.17, 15) is 9.00 Å². The Morgan fingerprint density at radius 1 is 1.41 bits per heavy atom. The van der Waals surface area contributed by atoms with Gasteiger partial charge in [0.1, 0.15) is 15.0 Å². The van der Waals surface area contributed by atoms with Crippen molar-refractivity contribution in [1.82, 2.24) is 4.98 Å². The van der Waals surface area contributed by atoms with Crippen molar-refractivity contribution in [3.8, 4) is 0 Å². The molecule has 1 atom stereocenters. The first-order chi connectivity index (χ1) is 8.06. The standard InChI is InChI=1S/C9H7BrN2O2S3/c1-5(13)12-9-11-4-8(16-9)17(14)7-3-2-6(10)15-7/h2-4H,1H3,(H,11,12,13). The molecule has 0 aliphatic carbocycles. The second kappa shape index (κ2) is 5.38. The van der Waals surface area contributed by atoms with Gasteiger partial charge in [0, 0.05) is 6.92 Å². The Bertz CT molecular complexity index is 578. The second-order valence-electron chi connectivity index (χ2n) is 2.99. The van der Waals surface area contributed by atoms with Crippen LogP contribution in [0, 0.1) is 0 Å². The van der Waals surface area contributed by atoms with Crippen LogP contribution in [0.5, 0.6) is 0 Å². The van der Waals surface area contributed by atoms with Gasteiger partial charge < -0.3 is 5.32 Å². The molecule has 0 aromatic carbocycles. The zero-order valence-corrected chi connectivity index (χ0v) is 12.6. The van der Waals surface area contributed by atoms with Gasteiger partial charge in [0.15, 0.2) is 5.13 Å². The van der Waals surface area contributed by atoms with Gasteiger partial charge in [-0.15, -0.1) is 11.3 Å². The minimum absolute atomic E-state index is 0.185. The number of amides is 1. The third-order valence-electron chi connectivity index (χ3n) is 1.68. The molecular weight excluding hydrogens is 344 g/mol. The fourth-order valence-electron chi connectivity index (χ4n) is 1.05. The summed E-state index contributed by atoms with van der Waals surface area (Å²) in [6.45, 7) is 1.41. The number of thiophene rings is 1. The van der Waals surface area contributed by atoms with E-state index in [1.807, 2.05) is 12.1 Å². The van der Waals surface area contributed by atoms with Gasteiger partial charge in [-0.25, -0.2) is 9.19 Å². The number of rotatable bonds is 3. The summed E-state index contributed by atoms with van der Waals surface area (Å²) in [6, 6.07) is 3.66. The Morgan fingerprint density at radius 2 is 2.18 bits per heavy atom. The molecule has 1 N–H and O–H groups in total. The van der Waals surface area contributed by atoms with Crippen molar-refractivity contribution in [2.24, 2.45) is 0 Å². The molecule has 0 saturated carbocycles. The number of aromatic nitrogens is 1. The van der Waals surface area contributed by atoms with E-state index in [-0.39, 0.29) is 5.91 Å². The Labute approximate surface area is 117 Å². The van der Waals surface area contributed by atoms with E-state index in [1.54, 1.807) is 0 Å². The largest absolute Gasteiger partial charge is 0.302 e. The van der Waals surface area contributed by atoms with E-state index < -0.39 is 10.8 Å². The molecular formula is C9H7BrN2O2S3. The monoisotopic (exact) mass is 350 g/mol. The number of hydrogen-bond donors (Lipinski definition) is 1. The summed E-state index contributed by atoms with van der Waals surface area (Å²) in [5, 5.41) is 3.03. The number of nitrogens with one attached hydrogen (secondary N) is 1. The Balaban J connectivity index is 2.20. The number of thiazole rings is 1. The Hall–Kier alpha value is -0.570. The quantitative estimate of drug-likeness (QED) is 0.925. The number of carbonyl (C=O) groups is 1. The molecule has 17 heavy (non-hydrogen) atoms. The third kappa shape index (κ3) is 3.21. The predicted octanol–water partition coefficient (Wildman–Crippen LogP) is 3.09. The van der Waals surface area contributed by atoms with Crippen LogP contribution in [0.2, 0.25) is 0 Å². The van der Waals surface area contributed by atoms with Crippen LogP contribution >= 0.6 is 38.6 Å². The van der Waals surface area contributed by atoms with E-state index in [0.29, 0.717) is 9.34 Å². The van der Waals surface area contributed by atoms with E-state index in [0.717, 1.165) is 8.00 Å². The lowest BCUT2D eigenvalue weighted by molar-refractivity contribution is -0.114. The van der Waals surface area contributed by atoms with Gasteiger partial charge in [0.05, 0.1) is 14.2 Å². The smallest absolute Gasteiger partial charge is 0.223 e. The number of carbonyl (C=O) groups excluding carboxylic acids is 1. The van der Waals surface area contributed by atoms with Gasteiger partial charge in [-0.1, -0.05) is 11.3 Å². The molecule has 1 unspecified atom stereocenters. The van der Waals surface area contributed by atoms with Gasteiger partial charge >= 0.3 is 0 Å². The Kier molecular flexibility index (Phi) is 4.08. The van der Waals surface area contributed by atoms with E-state index in [2.05, 4.69) is 26.2 Å². The molecule has 8 heteroatoms. The van der Waals surface area contributed by atoms with Crippen molar-refractivity contribution in [3.05, 3.63) is 22.1 Å². The van der Waals surface area contributed by atoms with Gasteiger partial charge in [-0.2, -0.15) is 0 Å². The molecule has 0 aliphatic heterocycles. The zero-order valence-electron chi connectivity index (χ0n) is 8.60. The molecule has 2 aromatic heterocycles. The van der Waals surface area contributed by atoms with Crippen molar-refractivity contribution >= 4 is 60.4 Å². The summed E-state index contributed by atoms with van der Waals surface area (Å²) < 4.78 is 14.4. The molecule has 2 rings (SSSR count). The molecule has 0 aliphatic rings. The maximum absolute atomic E-state index is 12.1. The summed E-state index contributed by atoms with van der Waals surface area (Å²) >= 11 is 5.97. The first kappa shape index (κ1) is 12.9. The van der Waals surface area contributed by atoms with Crippen LogP contribution in [0.1, 0.15) is 6.92 Å².